The lowest BCUT2D eigenvalue weighted by atomic mass is 10.1. The number of anilines is 1. The first-order valence-electron chi connectivity index (χ1n) is 5.40. The molecule has 1 aromatic rings. The molecular weight excluding hydrogens is 222 g/mol. The zero-order chi connectivity index (χ0) is 13.0. The summed E-state index contributed by atoms with van der Waals surface area (Å²) < 4.78 is 0. The van der Waals surface area contributed by atoms with Crippen LogP contribution in [0.15, 0.2) is 6.20 Å². The fourth-order valence-electron chi connectivity index (χ4n) is 1.34. The van der Waals surface area contributed by atoms with Gasteiger partial charge in [-0.15, -0.1) is 0 Å². The van der Waals surface area contributed by atoms with Crippen LogP contribution < -0.4 is 5.32 Å². The number of aliphatic hydroxyl groups excluding tert-OH is 1. The molecule has 0 bridgehead atoms. The van der Waals surface area contributed by atoms with Gasteiger partial charge in [-0.2, -0.15) is 0 Å². The molecule has 1 aromatic heterocycles. The molecule has 0 aliphatic rings. The molecule has 6 heteroatoms. The van der Waals surface area contributed by atoms with E-state index in [0.717, 1.165) is 0 Å². The number of hydrogen-bond acceptors (Lipinski definition) is 5. The average Bonchev–Trinajstić information content (AvgIpc) is 2.24. The zero-order valence-corrected chi connectivity index (χ0v) is 10.1. The minimum Gasteiger partial charge on any atom is -0.478 e. The third-order valence-electron chi connectivity index (χ3n) is 2.53. The van der Waals surface area contributed by atoms with E-state index in [1.807, 2.05) is 13.8 Å². The van der Waals surface area contributed by atoms with Crippen LogP contribution >= 0.6 is 0 Å². The maximum Gasteiger partial charge on any atom is 0.339 e. The maximum absolute atomic E-state index is 10.8. The molecule has 0 aliphatic carbocycles. The highest BCUT2D eigenvalue weighted by molar-refractivity contribution is 5.88. The Balaban J connectivity index is 2.87. The van der Waals surface area contributed by atoms with E-state index < -0.39 is 5.97 Å². The summed E-state index contributed by atoms with van der Waals surface area (Å²) in [5.41, 5.74) is 0.482. The standard InChI is InChI=1S/C11H17N3O3/c1-6(2)9(5-15)14-11-12-4-8(10(16)17)7(3)13-11/h4,6,9,15H,5H2,1-3H3,(H,16,17)(H,12,13,14)/t9-/m1/s1. The molecular formula is C11H17N3O3. The molecule has 0 aliphatic heterocycles. The number of carboxylic acids is 1. The van der Waals surface area contributed by atoms with Gasteiger partial charge in [0.1, 0.15) is 0 Å². The molecule has 1 heterocycles. The van der Waals surface area contributed by atoms with Gasteiger partial charge >= 0.3 is 5.97 Å². The van der Waals surface area contributed by atoms with Crippen LogP contribution in [0.3, 0.4) is 0 Å². The Morgan fingerprint density at radius 3 is 2.59 bits per heavy atom. The smallest absolute Gasteiger partial charge is 0.339 e. The molecule has 0 fully saturated rings. The summed E-state index contributed by atoms with van der Waals surface area (Å²) in [5.74, 6) is -0.486. The topological polar surface area (TPSA) is 95.3 Å². The summed E-state index contributed by atoms with van der Waals surface area (Å²) in [5, 5.41) is 21.0. The van der Waals surface area contributed by atoms with Crippen molar-refractivity contribution < 1.29 is 15.0 Å². The van der Waals surface area contributed by atoms with Crippen LogP contribution in [0, 0.1) is 12.8 Å². The normalized spacial score (nSPS) is 12.5. The fourth-order valence-corrected chi connectivity index (χ4v) is 1.34. The molecule has 0 unspecified atom stereocenters. The number of nitrogens with zero attached hydrogens (tertiary/aromatic N) is 2. The molecule has 1 rings (SSSR count). The molecule has 17 heavy (non-hydrogen) atoms. The highest BCUT2D eigenvalue weighted by Gasteiger charge is 2.15. The highest BCUT2D eigenvalue weighted by Crippen LogP contribution is 2.11. The number of carbonyl (C=O) groups is 1. The van der Waals surface area contributed by atoms with Crippen molar-refractivity contribution in [3.05, 3.63) is 17.5 Å². The third-order valence-corrected chi connectivity index (χ3v) is 2.53. The summed E-state index contributed by atoms with van der Waals surface area (Å²) >= 11 is 0. The van der Waals surface area contributed by atoms with Crippen LogP contribution in [0.25, 0.3) is 0 Å². The Morgan fingerprint density at radius 2 is 2.18 bits per heavy atom. The molecule has 0 aromatic carbocycles. The number of aromatic carboxylic acids is 1. The molecule has 3 N–H and O–H groups in total. The van der Waals surface area contributed by atoms with Crippen molar-refractivity contribution in [1.82, 2.24) is 9.97 Å². The number of aryl methyl sites for hydroxylation is 1. The Hall–Kier alpha value is -1.69. The van der Waals surface area contributed by atoms with Crippen molar-refractivity contribution in [3.8, 4) is 0 Å². The van der Waals surface area contributed by atoms with Gasteiger partial charge in [0.05, 0.1) is 23.9 Å². The van der Waals surface area contributed by atoms with E-state index in [4.69, 9.17) is 10.2 Å². The Kier molecular flexibility index (Phi) is 4.39. The van der Waals surface area contributed by atoms with Crippen LogP contribution in [-0.4, -0.2) is 38.8 Å². The maximum atomic E-state index is 10.8. The van der Waals surface area contributed by atoms with Gasteiger partial charge in [0.2, 0.25) is 5.95 Å². The van der Waals surface area contributed by atoms with E-state index in [-0.39, 0.29) is 24.1 Å². The molecule has 0 spiro atoms. The minimum absolute atomic E-state index is 0.0270. The van der Waals surface area contributed by atoms with Gasteiger partial charge in [0, 0.05) is 6.20 Å². The second-order valence-electron chi connectivity index (χ2n) is 4.18. The lowest BCUT2D eigenvalue weighted by molar-refractivity contribution is 0.0695. The molecule has 0 saturated heterocycles. The predicted octanol–water partition coefficient (Wildman–Crippen LogP) is 0.912. The first kappa shape index (κ1) is 13.4. The van der Waals surface area contributed by atoms with Gasteiger partial charge in [-0.05, 0) is 12.8 Å². The third kappa shape index (κ3) is 3.39. The van der Waals surface area contributed by atoms with Crippen LogP contribution in [0.1, 0.15) is 29.9 Å². The average molecular weight is 239 g/mol. The first-order valence-corrected chi connectivity index (χ1v) is 5.40. The summed E-state index contributed by atoms with van der Waals surface area (Å²) in [6.45, 7) is 5.51. The molecule has 1 atom stereocenters. The van der Waals surface area contributed by atoms with Gasteiger partial charge in [-0.1, -0.05) is 13.8 Å². The summed E-state index contributed by atoms with van der Waals surface area (Å²) in [6.07, 6.45) is 1.27. The van der Waals surface area contributed by atoms with E-state index in [1.165, 1.54) is 6.20 Å². The number of nitrogens with one attached hydrogen (secondary N) is 1. The highest BCUT2D eigenvalue weighted by atomic mass is 16.4. The second-order valence-corrected chi connectivity index (χ2v) is 4.18. The second kappa shape index (κ2) is 5.58. The quantitative estimate of drug-likeness (QED) is 0.707. The van der Waals surface area contributed by atoms with Crippen molar-refractivity contribution >= 4 is 11.9 Å². The number of carboxylic acid groups (broad SMARTS) is 1. The van der Waals surface area contributed by atoms with Crippen LogP contribution in [0.2, 0.25) is 0 Å². The van der Waals surface area contributed by atoms with Gasteiger partial charge in [-0.3, -0.25) is 0 Å². The van der Waals surface area contributed by atoms with Crippen LogP contribution in [0.4, 0.5) is 5.95 Å². The monoisotopic (exact) mass is 239 g/mol. The van der Waals surface area contributed by atoms with E-state index in [1.54, 1.807) is 6.92 Å². The lowest BCUT2D eigenvalue weighted by Gasteiger charge is -2.19. The number of rotatable bonds is 5. The van der Waals surface area contributed by atoms with Crippen molar-refractivity contribution in [2.45, 2.75) is 26.8 Å². The predicted molar refractivity (Wildman–Crippen MR) is 63.1 cm³/mol. The fraction of sp³-hybridized carbons (Fsp3) is 0.545. The first-order chi connectivity index (χ1) is 7.95. The van der Waals surface area contributed by atoms with Gasteiger partial charge < -0.3 is 15.5 Å². The SMILES string of the molecule is Cc1nc(N[C@H](CO)C(C)C)ncc1C(=O)O. The van der Waals surface area contributed by atoms with Crippen LogP contribution in [0.5, 0.6) is 0 Å². The number of hydrogen-bond donors (Lipinski definition) is 3. The Bertz CT molecular complexity index is 407. The van der Waals surface area contributed by atoms with Crippen LogP contribution in [-0.2, 0) is 0 Å². The zero-order valence-electron chi connectivity index (χ0n) is 10.1. The van der Waals surface area contributed by atoms with E-state index >= 15 is 0 Å². The van der Waals surface area contributed by atoms with Crippen molar-refractivity contribution in [2.24, 2.45) is 5.92 Å². The van der Waals surface area contributed by atoms with Gasteiger partial charge in [0.25, 0.3) is 0 Å². The van der Waals surface area contributed by atoms with Gasteiger partial charge in [-0.25, -0.2) is 14.8 Å². The Morgan fingerprint density at radius 1 is 1.53 bits per heavy atom. The van der Waals surface area contributed by atoms with E-state index in [9.17, 15) is 4.79 Å². The minimum atomic E-state index is -1.04. The van der Waals surface area contributed by atoms with E-state index in [0.29, 0.717) is 11.6 Å². The van der Waals surface area contributed by atoms with Crippen molar-refractivity contribution in [1.29, 1.82) is 0 Å². The van der Waals surface area contributed by atoms with Crippen molar-refractivity contribution in [2.75, 3.05) is 11.9 Å². The molecule has 0 radical (unpaired) electrons. The van der Waals surface area contributed by atoms with E-state index in [2.05, 4.69) is 15.3 Å². The van der Waals surface area contributed by atoms with Crippen molar-refractivity contribution in [3.63, 3.8) is 0 Å². The largest absolute Gasteiger partial charge is 0.478 e. The number of aromatic nitrogens is 2. The summed E-state index contributed by atoms with van der Waals surface area (Å²) in [4.78, 5) is 18.7. The Labute approximate surface area is 99.7 Å². The summed E-state index contributed by atoms with van der Waals surface area (Å²) in [7, 11) is 0. The molecule has 0 amide bonds. The lowest BCUT2D eigenvalue weighted by Crippen LogP contribution is -2.30. The molecule has 0 saturated carbocycles. The summed E-state index contributed by atoms with van der Waals surface area (Å²) in [6, 6.07) is -0.148. The molecule has 6 nitrogen and oxygen atoms in total. The number of aliphatic hydroxyl groups is 1. The van der Waals surface area contributed by atoms with Gasteiger partial charge in [0.15, 0.2) is 0 Å². The molecule has 94 valence electrons.